The Bertz CT molecular complexity index is 337. The summed E-state index contributed by atoms with van der Waals surface area (Å²) in [4.78, 5) is 11.0. The van der Waals surface area contributed by atoms with Crippen molar-refractivity contribution in [3.05, 3.63) is 29.3 Å². The molecule has 0 spiro atoms. The maximum atomic E-state index is 11.0. The fourth-order valence-corrected chi connectivity index (χ4v) is 1.29. The molecule has 0 saturated heterocycles. The molecule has 0 bridgehead atoms. The average molecular weight is 194 g/mol. The highest BCUT2D eigenvalue weighted by molar-refractivity contribution is 5.73. The quantitative estimate of drug-likeness (QED) is 0.428. The summed E-state index contributed by atoms with van der Waals surface area (Å²) in [5, 5.41) is 0. The van der Waals surface area contributed by atoms with Gasteiger partial charge in [-0.25, -0.2) is 0 Å². The SMILES string of the molecule is COC(=O)Cc1cc(C)cc(NN)c1. The summed E-state index contributed by atoms with van der Waals surface area (Å²) in [7, 11) is 1.38. The van der Waals surface area contributed by atoms with Gasteiger partial charge in [0.15, 0.2) is 0 Å². The van der Waals surface area contributed by atoms with Crippen LogP contribution < -0.4 is 11.3 Å². The lowest BCUT2D eigenvalue weighted by atomic mass is 10.1. The van der Waals surface area contributed by atoms with Gasteiger partial charge in [-0.1, -0.05) is 6.07 Å². The Balaban J connectivity index is 2.86. The first-order chi connectivity index (χ1) is 6.65. The lowest BCUT2D eigenvalue weighted by molar-refractivity contribution is -0.139. The van der Waals surface area contributed by atoms with E-state index in [4.69, 9.17) is 5.84 Å². The predicted molar refractivity (Wildman–Crippen MR) is 54.7 cm³/mol. The van der Waals surface area contributed by atoms with E-state index in [-0.39, 0.29) is 12.4 Å². The highest BCUT2D eigenvalue weighted by Crippen LogP contribution is 2.14. The molecule has 1 aromatic carbocycles. The number of nitrogens with one attached hydrogen (secondary N) is 1. The first kappa shape index (κ1) is 10.5. The van der Waals surface area contributed by atoms with Crippen LogP contribution in [0.25, 0.3) is 0 Å². The summed E-state index contributed by atoms with van der Waals surface area (Å²) < 4.78 is 4.58. The van der Waals surface area contributed by atoms with Crippen molar-refractivity contribution in [1.29, 1.82) is 0 Å². The Morgan fingerprint density at radius 3 is 2.79 bits per heavy atom. The van der Waals surface area contributed by atoms with E-state index in [1.807, 2.05) is 25.1 Å². The number of hydrogen-bond donors (Lipinski definition) is 2. The van der Waals surface area contributed by atoms with E-state index >= 15 is 0 Å². The van der Waals surface area contributed by atoms with Gasteiger partial charge in [-0.15, -0.1) is 0 Å². The van der Waals surface area contributed by atoms with Crippen molar-refractivity contribution in [2.75, 3.05) is 12.5 Å². The van der Waals surface area contributed by atoms with Gasteiger partial charge >= 0.3 is 5.97 Å². The number of hydrogen-bond acceptors (Lipinski definition) is 4. The molecule has 0 fully saturated rings. The van der Waals surface area contributed by atoms with Crippen LogP contribution in [0.4, 0.5) is 5.69 Å². The predicted octanol–water partition coefficient (Wildman–Crippen LogP) is 0.996. The van der Waals surface area contributed by atoms with Crippen LogP contribution in [0.15, 0.2) is 18.2 Å². The van der Waals surface area contributed by atoms with Crippen LogP contribution in [0.2, 0.25) is 0 Å². The van der Waals surface area contributed by atoms with Crippen LogP contribution >= 0.6 is 0 Å². The summed E-state index contributed by atoms with van der Waals surface area (Å²) in [5.41, 5.74) is 5.29. The number of esters is 1. The topological polar surface area (TPSA) is 64.3 Å². The van der Waals surface area contributed by atoms with Crippen LogP contribution in [-0.2, 0) is 16.0 Å². The van der Waals surface area contributed by atoms with Crippen molar-refractivity contribution < 1.29 is 9.53 Å². The fourth-order valence-electron chi connectivity index (χ4n) is 1.29. The first-order valence-electron chi connectivity index (χ1n) is 4.29. The second kappa shape index (κ2) is 4.62. The Morgan fingerprint density at radius 1 is 1.50 bits per heavy atom. The van der Waals surface area contributed by atoms with Crippen molar-refractivity contribution in [2.24, 2.45) is 5.84 Å². The molecule has 0 aliphatic heterocycles. The van der Waals surface area contributed by atoms with E-state index in [1.54, 1.807) is 0 Å². The zero-order chi connectivity index (χ0) is 10.6. The summed E-state index contributed by atoms with van der Waals surface area (Å²) in [6.45, 7) is 1.95. The number of anilines is 1. The number of rotatable bonds is 3. The van der Waals surface area contributed by atoms with E-state index in [0.717, 1.165) is 16.8 Å². The second-order valence-electron chi connectivity index (χ2n) is 3.10. The monoisotopic (exact) mass is 194 g/mol. The van der Waals surface area contributed by atoms with Crippen LogP contribution in [0.5, 0.6) is 0 Å². The molecule has 3 N–H and O–H groups in total. The molecule has 0 atom stereocenters. The van der Waals surface area contributed by atoms with Gasteiger partial charge in [-0.05, 0) is 30.2 Å². The third-order valence-corrected chi connectivity index (χ3v) is 1.88. The van der Waals surface area contributed by atoms with E-state index in [9.17, 15) is 4.79 Å². The maximum Gasteiger partial charge on any atom is 0.309 e. The molecule has 0 unspecified atom stereocenters. The zero-order valence-corrected chi connectivity index (χ0v) is 8.33. The highest BCUT2D eigenvalue weighted by Gasteiger charge is 2.04. The minimum absolute atomic E-state index is 0.251. The fraction of sp³-hybridized carbons (Fsp3) is 0.300. The summed E-state index contributed by atoms with van der Waals surface area (Å²) in [5.74, 6) is 5.03. The van der Waals surface area contributed by atoms with E-state index in [2.05, 4.69) is 10.2 Å². The number of ether oxygens (including phenoxy) is 1. The molecule has 0 amide bonds. The number of nitrogen functional groups attached to an aromatic ring is 1. The van der Waals surface area contributed by atoms with Crippen LogP contribution in [-0.4, -0.2) is 13.1 Å². The lowest BCUT2D eigenvalue weighted by Crippen LogP contribution is -2.09. The largest absolute Gasteiger partial charge is 0.469 e. The standard InChI is InChI=1S/C10H14N2O2/c1-7-3-8(6-10(13)14-2)5-9(4-7)12-11/h3-5,12H,6,11H2,1-2H3. The molecule has 0 aliphatic carbocycles. The first-order valence-corrected chi connectivity index (χ1v) is 4.29. The molecule has 0 saturated carbocycles. The van der Waals surface area contributed by atoms with Gasteiger partial charge < -0.3 is 10.2 Å². The number of benzene rings is 1. The van der Waals surface area contributed by atoms with Gasteiger partial charge in [0.2, 0.25) is 0 Å². The molecule has 4 heteroatoms. The van der Waals surface area contributed by atoms with E-state index in [1.165, 1.54) is 7.11 Å². The highest BCUT2D eigenvalue weighted by atomic mass is 16.5. The number of methoxy groups -OCH3 is 1. The van der Waals surface area contributed by atoms with Crippen LogP contribution in [0, 0.1) is 6.92 Å². The molecule has 0 heterocycles. The molecule has 1 aromatic rings. The van der Waals surface area contributed by atoms with Crippen molar-refractivity contribution in [2.45, 2.75) is 13.3 Å². The number of carbonyl (C=O) groups is 1. The van der Waals surface area contributed by atoms with Gasteiger partial charge in [-0.3, -0.25) is 10.6 Å². The lowest BCUT2D eigenvalue weighted by Gasteiger charge is -2.05. The van der Waals surface area contributed by atoms with Crippen molar-refractivity contribution in [3.8, 4) is 0 Å². The van der Waals surface area contributed by atoms with Crippen molar-refractivity contribution >= 4 is 11.7 Å². The number of hydrazine groups is 1. The smallest absolute Gasteiger partial charge is 0.309 e. The third kappa shape index (κ3) is 2.74. The Hall–Kier alpha value is -1.55. The summed E-state index contributed by atoms with van der Waals surface area (Å²) in [6.07, 6.45) is 0.271. The Kier molecular flexibility index (Phi) is 3.48. The molecule has 14 heavy (non-hydrogen) atoms. The molecule has 76 valence electrons. The molecule has 4 nitrogen and oxygen atoms in total. The van der Waals surface area contributed by atoms with Crippen LogP contribution in [0.1, 0.15) is 11.1 Å². The normalized spacial score (nSPS) is 9.64. The maximum absolute atomic E-state index is 11.0. The summed E-state index contributed by atoms with van der Waals surface area (Å²) in [6, 6.07) is 5.66. The molecule has 1 rings (SSSR count). The summed E-state index contributed by atoms with van der Waals surface area (Å²) >= 11 is 0. The Labute approximate surface area is 83.0 Å². The molecule has 0 radical (unpaired) electrons. The number of aryl methyl sites for hydroxylation is 1. The van der Waals surface area contributed by atoms with Gasteiger partial charge in [0.1, 0.15) is 0 Å². The van der Waals surface area contributed by atoms with Crippen LogP contribution in [0.3, 0.4) is 0 Å². The van der Waals surface area contributed by atoms with Gasteiger partial charge in [0.25, 0.3) is 0 Å². The number of nitrogens with two attached hydrogens (primary N) is 1. The van der Waals surface area contributed by atoms with Crippen molar-refractivity contribution in [1.82, 2.24) is 0 Å². The zero-order valence-electron chi connectivity index (χ0n) is 8.33. The second-order valence-corrected chi connectivity index (χ2v) is 3.10. The molecule has 0 aliphatic rings. The van der Waals surface area contributed by atoms with Crippen molar-refractivity contribution in [3.63, 3.8) is 0 Å². The Morgan fingerprint density at radius 2 is 2.21 bits per heavy atom. The van der Waals surface area contributed by atoms with E-state index in [0.29, 0.717) is 0 Å². The van der Waals surface area contributed by atoms with Gasteiger partial charge in [-0.2, -0.15) is 0 Å². The third-order valence-electron chi connectivity index (χ3n) is 1.88. The van der Waals surface area contributed by atoms with Gasteiger partial charge in [0.05, 0.1) is 13.5 Å². The molecular formula is C10H14N2O2. The molecule has 0 aromatic heterocycles. The average Bonchev–Trinajstić information content (AvgIpc) is 2.16. The van der Waals surface area contributed by atoms with Gasteiger partial charge in [0, 0.05) is 5.69 Å². The minimum atomic E-state index is -0.251. The van der Waals surface area contributed by atoms with E-state index < -0.39 is 0 Å². The minimum Gasteiger partial charge on any atom is -0.469 e. The molecular weight excluding hydrogens is 180 g/mol. The number of carbonyl (C=O) groups excluding carboxylic acids is 1.